The van der Waals surface area contributed by atoms with Crippen LogP contribution in [-0.2, 0) is 5.41 Å². The minimum absolute atomic E-state index is 0.185. The molecule has 0 atom stereocenters. The fourth-order valence-corrected chi connectivity index (χ4v) is 1.76. The third-order valence-corrected chi connectivity index (χ3v) is 2.79. The number of hydrogen-bond acceptors (Lipinski definition) is 2. The van der Waals surface area contributed by atoms with E-state index in [2.05, 4.69) is 50.9 Å². The van der Waals surface area contributed by atoms with Crippen LogP contribution in [0, 0.1) is 6.92 Å². The Morgan fingerprint density at radius 3 is 2.44 bits per heavy atom. The number of aromatic nitrogens is 1. The van der Waals surface area contributed by atoms with E-state index >= 15 is 0 Å². The molecule has 1 heterocycles. The van der Waals surface area contributed by atoms with Crippen molar-refractivity contribution in [3.8, 4) is 11.3 Å². The highest BCUT2D eigenvalue weighted by molar-refractivity contribution is 5.61. The molecule has 0 N–H and O–H groups in total. The molecule has 0 aliphatic carbocycles. The molecule has 2 heteroatoms. The topological polar surface area (TPSA) is 26.0 Å². The number of benzene rings is 1. The maximum atomic E-state index is 5.31. The molecular formula is C14H17NO. The quantitative estimate of drug-likeness (QED) is 0.720. The number of aryl methyl sites for hydroxylation is 1. The van der Waals surface area contributed by atoms with Crippen LogP contribution in [0.3, 0.4) is 0 Å². The van der Waals surface area contributed by atoms with Gasteiger partial charge in [-0.05, 0) is 23.5 Å². The molecule has 0 aliphatic rings. The normalized spacial score (nSPS) is 11.8. The van der Waals surface area contributed by atoms with Crippen LogP contribution in [-0.4, -0.2) is 4.98 Å². The second-order valence-electron chi connectivity index (χ2n) is 5.15. The predicted octanol–water partition coefficient (Wildman–Crippen LogP) is 3.95. The zero-order valence-electron chi connectivity index (χ0n) is 10.2. The van der Waals surface area contributed by atoms with E-state index in [1.165, 1.54) is 17.5 Å². The smallest absolute Gasteiger partial charge is 0.181 e. The molecule has 0 radical (unpaired) electrons. The Hall–Kier alpha value is -1.57. The third kappa shape index (κ3) is 2.01. The zero-order chi connectivity index (χ0) is 11.8. The summed E-state index contributed by atoms with van der Waals surface area (Å²) in [4.78, 5) is 3.94. The molecule has 1 aromatic heterocycles. The van der Waals surface area contributed by atoms with Gasteiger partial charge < -0.3 is 4.42 Å². The fourth-order valence-electron chi connectivity index (χ4n) is 1.76. The molecule has 1 aromatic carbocycles. The lowest BCUT2D eigenvalue weighted by Gasteiger charge is -2.20. The largest absolute Gasteiger partial charge is 0.444 e. The van der Waals surface area contributed by atoms with Crippen molar-refractivity contribution in [2.24, 2.45) is 0 Å². The SMILES string of the molecule is Cc1cc(C(C)(C)C)ccc1-c1cnco1. The van der Waals surface area contributed by atoms with Crippen LogP contribution in [0.4, 0.5) is 0 Å². The summed E-state index contributed by atoms with van der Waals surface area (Å²) >= 11 is 0. The second kappa shape index (κ2) is 3.78. The summed E-state index contributed by atoms with van der Waals surface area (Å²) < 4.78 is 5.31. The summed E-state index contributed by atoms with van der Waals surface area (Å²) in [7, 11) is 0. The maximum absolute atomic E-state index is 5.31. The molecule has 0 saturated carbocycles. The summed E-state index contributed by atoms with van der Waals surface area (Å²) in [6.07, 6.45) is 3.21. The Bertz CT molecular complexity index is 478. The van der Waals surface area contributed by atoms with Gasteiger partial charge in [0.1, 0.15) is 0 Å². The van der Waals surface area contributed by atoms with Crippen molar-refractivity contribution in [1.29, 1.82) is 0 Å². The lowest BCUT2D eigenvalue weighted by Crippen LogP contribution is -2.11. The van der Waals surface area contributed by atoms with Gasteiger partial charge in [0.05, 0.1) is 6.20 Å². The Morgan fingerprint density at radius 2 is 1.94 bits per heavy atom. The van der Waals surface area contributed by atoms with Gasteiger partial charge in [0.15, 0.2) is 12.2 Å². The van der Waals surface area contributed by atoms with E-state index in [4.69, 9.17) is 4.42 Å². The average molecular weight is 215 g/mol. The first-order chi connectivity index (χ1) is 7.48. The summed E-state index contributed by atoms with van der Waals surface area (Å²) in [6.45, 7) is 8.76. The molecule has 0 saturated heterocycles. The summed E-state index contributed by atoms with van der Waals surface area (Å²) in [5.74, 6) is 0.831. The van der Waals surface area contributed by atoms with E-state index in [1.54, 1.807) is 6.20 Å². The van der Waals surface area contributed by atoms with Crippen LogP contribution in [0.25, 0.3) is 11.3 Å². The van der Waals surface area contributed by atoms with E-state index < -0.39 is 0 Å². The lowest BCUT2D eigenvalue weighted by molar-refractivity contribution is 0.570. The van der Waals surface area contributed by atoms with Crippen LogP contribution >= 0.6 is 0 Å². The highest BCUT2D eigenvalue weighted by Crippen LogP contribution is 2.28. The van der Waals surface area contributed by atoms with Crippen molar-refractivity contribution < 1.29 is 4.42 Å². The molecule has 0 unspecified atom stereocenters. The van der Waals surface area contributed by atoms with Crippen molar-refractivity contribution in [3.05, 3.63) is 41.9 Å². The average Bonchev–Trinajstić information content (AvgIpc) is 2.69. The number of rotatable bonds is 1. The molecule has 0 amide bonds. The molecule has 0 spiro atoms. The Balaban J connectivity index is 2.46. The first kappa shape index (κ1) is 10.9. The monoisotopic (exact) mass is 215 g/mol. The fraction of sp³-hybridized carbons (Fsp3) is 0.357. The van der Waals surface area contributed by atoms with Gasteiger partial charge in [0, 0.05) is 5.56 Å². The highest BCUT2D eigenvalue weighted by Gasteiger charge is 2.15. The van der Waals surface area contributed by atoms with Gasteiger partial charge in [-0.1, -0.05) is 39.0 Å². The standard InChI is InChI=1S/C14H17NO/c1-10-7-11(14(2,3)4)5-6-12(10)13-8-15-9-16-13/h5-9H,1-4H3. The molecule has 84 valence electrons. The van der Waals surface area contributed by atoms with Crippen LogP contribution in [0.15, 0.2) is 35.2 Å². The molecule has 2 rings (SSSR count). The summed E-state index contributed by atoms with van der Waals surface area (Å²) in [5.41, 5.74) is 3.87. The third-order valence-electron chi connectivity index (χ3n) is 2.79. The Kier molecular flexibility index (Phi) is 2.58. The van der Waals surface area contributed by atoms with Gasteiger partial charge in [0.2, 0.25) is 0 Å². The van der Waals surface area contributed by atoms with E-state index in [9.17, 15) is 0 Å². The summed E-state index contributed by atoms with van der Waals surface area (Å²) in [5, 5.41) is 0. The van der Waals surface area contributed by atoms with Crippen molar-refractivity contribution in [2.75, 3.05) is 0 Å². The van der Waals surface area contributed by atoms with Gasteiger partial charge >= 0.3 is 0 Å². The van der Waals surface area contributed by atoms with Gasteiger partial charge in [-0.15, -0.1) is 0 Å². The van der Waals surface area contributed by atoms with Crippen LogP contribution in [0.5, 0.6) is 0 Å². The first-order valence-electron chi connectivity index (χ1n) is 5.48. The van der Waals surface area contributed by atoms with Crippen molar-refractivity contribution in [3.63, 3.8) is 0 Å². The van der Waals surface area contributed by atoms with E-state index in [0.717, 1.165) is 11.3 Å². The van der Waals surface area contributed by atoms with E-state index in [-0.39, 0.29) is 5.41 Å². The second-order valence-corrected chi connectivity index (χ2v) is 5.15. The number of hydrogen-bond donors (Lipinski definition) is 0. The van der Waals surface area contributed by atoms with Crippen LogP contribution < -0.4 is 0 Å². The van der Waals surface area contributed by atoms with Crippen LogP contribution in [0.1, 0.15) is 31.9 Å². The molecule has 2 nitrogen and oxygen atoms in total. The number of nitrogens with zero attached hydrogens (tertiary/aromatic N) is 1. The van der Waals surface area contributed by atoms with Gasteiger partial charge in [0.25, 0.3) is 0 Å². The van der Waals surface area contributed by atoms with E-state index in [1.807, 2.05) is 0 Å². The maximum Gasteiger partial charge on any atom is 0.181 e. The van der Waals surface area contributed by atoms with Crippen LogP contribution in [0.2, 0.25) is 0 Å². The van der Waals surface area contributed by atoms with Gasteiger partial charge in [-0.25, -0.2) is 4.98 Å². The molecule has 0 fully saturated rings. The number of oxazole rings is 1. The molecule has 0 aliphatic heterocycles. The predicted molar refractivity (Wildman–Crippen MR) is 65.4 cm³/mol. The van der Waals surface area contributed by atoms with Gasteiger partial charge in [-0.3, -0.25) is 0 Å². The molecule has 16 heavy (non-hydrogen) atoms. The summed E-state index contributed by atoms with van der Waals surface area (Å²) in [6, 6.07) is 6.49. The minimum Gasteiger partial charge on any atom is -0.444 e. The minimum atomic E-state index is 0.185. The molecular weight excluding hydrogens is 198 g/mol. The highest BCUT2D eigenvalue weighted by atomic mass is 16.3. The lowest BCUT2D eigenvalue weighted by atomic mass is 9.85. The van der Waals surface area contributed by atoms with Gasteiger partial charge in [-0.2, -0.15) is 0 Å². The Morgan fingerprint density at radius 1 is 1.19 bits per heavy atom. The molecule has 0 bridgehead atoms. The van der Waals surface area contributed by atoms with E-state index in [0.29, 0.717) is 0 Å². The zero-order valence-corrected chi connectivity index (χ0v) is 10.2. The Labute approximate surface area is 96.3 Å². The molecule has 2 aromatic rings. The van der Waals surface area contributed by atoms with Crippen molar-refractivity contribution in [2.45, 2.75) is 33.1 Å². The van der Waals surface area contributed by atoms with Crippen molar-refractivity contribution in [1.82, 2.24) is 4.98 Å². The van der Waals surface area contributed by atoms with Crippen molar-refractivity contribution >= 4 is 0 Å². The first-order valence-corrected chi connectivity index (χ1v) is 5.48.